The Bertz CT molecular complexity index is 987. The quantitative estimate of drug-likeness (QED) is 0.613. The standard InChI is InChI=1S/C16H11N5O/c22-16-12-4-1-2-5-13(12)19-15(20-16)11-6-7-14(17-10-11)21-9-3-8-18-21/h1-10H,(H,19,20,22). The first-order valence-electron chi connectivity index (χ1n) is 6.77. The average molecular weight is 289 g/mol. The van der Waals surface area contributed by atoms with E-state index in [1.165, 1.54) is 0 Å². The van der Waals surface area contributed by atoms with Crippen LogP contribution >= 0.6 is 0 Å². The molecule has 0 aliphatic heterocycles. The van der Waals surface area contributed by atoms with E-state index < -0.39 is 0 Å². The molecular formula is C16H11N5O. The number of hydrogen-bond acceptors (Lipinski definition) is 4. The topological polar surface area (TPSA) is 76.5 Å². The molecule has 0 atom stereocenters. The fourth-order valence-electron chi connectivity index (χ4n) is 2.29. The van der Waals surface area contributed by atoms with Crippen LogP contribution in [0.15, 0.2) is 65.8 Å². The Labute approximate surface area is 125 Å². The molecule has 106 valence electrons. The summed E-state index contributed by atoms with van der Waals surface area (Å²) in [7, 11) is 0. The van der Waals surface area contributed by atoms with E-state index in [1.807, 2.05) is 42.6 Å². The van der Waals surface area contributed by atoms with Crippen LogP contribution in [0.25, 0.3) is 28.1 Å². The van der Waals surface area contributed by atoms with Crippen LogP contribution in [0.1, 0.15) is 0 Å². The predicted octanol–water partition coefficient (Wildman–Crippen LogP) is 2.17. The highest BCUT2D eigenvalue weighted by atomic mass is 16.1. The molecule has 0 radical (unpaired) electrons. The molecule has 0 aliphatic carbocycles. The highest BCUT2D eigenvalue weighted by Crippen LogP contribution is 2.16. The van der Waals surface area contributed by atoms with Gasteiger partial charge in [0.2, 0.25) is 0 Å². The summed E-state index contributed by atoms with van der Waals surface area (Å²) in [4.78, 5) is 23.7. The molecule has 0 saturated carbocycles. The lowest BCUT2D eigenvalue weighted by molar-refractivity contribution is 0.847. The largest absolute Gasteiger partial charge is 0.306 e. The van der Waals surface area contributed by atoms with Gasteiger partial charge in [-0.05, 0) is 30.3 Å². The molecular weight excluding hydrogens is 278 g/mol. The Balaban J connectivity index is 1.80. The molecule has 1 aromatic carbocycles. The first-order chi connectivity index (χ1) is 10.8. The van der Waals surface area contributed by atoms with Gasteiger partial charge >= 0.3 is 0 Å². The SMILES string of the molecule is O=c1[nH]c(-c2ccc(-n3cccn3)nc2)nc2ccccc12. The summed E-state index contributed by atoms with van der Waals surface area (Å²) in [6.45, 7) is 0. The first-order valence-corrected chi connectivity index (χ1v) is 6.77. The van der Waals surface area contributed by atoms with Gasteiger partial charge in [-0.2, -0.15) is 5.10 Å². The fraction of sp³-hybridized carbons (Fsp3) is 0. The van der Waals surface area contributed by atoms with E-state index >= 15 is 0 Å². The van der Waals surface area contributed by atoms with Gasteiger partial charge in [-0.15, -0.1) is 0 Å². The Kier molecular flexibility index (Phi) is 2.79. The number of nitrogens with one attached hydrogen (secondary N) is 1. The van der Waals surface area contributed by atoms with Gasteiger partial charge < -0.3 is 4.98 Å². The molecule has 3 aromatic heterocycles. The zero-order valence-electron chi connectivity index (χ0n) is 11.5. The van der Waals surface area contributed by atoms with Gasteiger partial charge in [0.25, 0.3) is 5.56 Å². The fourth-order valence-corrected chi connectivity index (χ4v) is 2.29. The van der Waals surface area contributed by atoms with Crippen LogP contribution in [0.4, 0.5) is 0 Å². The molecule has 0 amide bonds. The van der Waals surface area contributed by atoms with Crippen molar-refractivity contribution in [2.24, 2.45) is 0 Å². The monoisotopic (exact) mass is 289 g/mol. The van der Waals surface area contributed by atoms with E-state index in [0.717, 1.165) is 5.56 Å². The minimum Gasteiger partial charge on any atom is -0.306 e. The van der Waals surface area contributed by atoms with Crippen LogP contribution in [-0.2, 0) is 0 Å². The summed E-state index contributed by atoms with van der Waals surface area (Å²) in [6, 6.07) is 12.8. The van der Waals surface area contributed by atoms with Crippen LogP contribution < -0.4 is 5.56 Å². The van der Waals surface area contributed by atoms with E-state index in [0.29, 0.717) is 22.5 Å². The molecule has 4 rings (SSSR count). The number of H-pyrrole nitrogens is 1. The van der Waals surface area contributed by atoms with Gasteiger partial charge in [-0.1, -0.05) is 12.1 Å². The van der Waals surface area contributed by atoms with Crippen molar-refractivity contribution in [2.75, 3.05) is 0 Å². The summed E-state index contributed by atoms with van der Waals surface area (Å²) in [5, 5.41) is 4.70. The van der Waals surface area contributed by atoms with Crippen molar-refractivity contribution >= 4 is 10.9 Å². The number of fused-ring (bicyclic) bond motifs is 1. The van der Waals surface area contributed by atoms with E-state index in [9.17, 15) is 4.79 Å². The van der Waals surface area contributed by atoms with Crippen molar-refractivity contribution in [3.63, 3.8) is 0 Å². The summed E-state index contributed by atoms with van der Waals surface area (Å²) in [5.74, 6) is 1.21. The molecule has 22 heavy (non-hydrogen) atoms. The summed E-state index contributed by atoms with van der Waals surface area (Å²) < 4.78 is 1.67. The average Bonchev–Trinajstić information content (AvgIpc) is 3.09. The number of hydrogen-bond donors (Lipinski definition) is 1. The van der Waals surface area contributed by atoms with Crippen LogP contribution in [0, 0.1) is 0 Å². The van der Waals surface area contributed by atoms with Crippen LogP contribution in [-0.4, -0.2) is 24.7 Å². The van der Waals surface area contributed by atoms with Gasteiger partial charge in [0.15, 0.2) is 5.82 Å². The molecule has 0 fully saturated rings. The zero-order valence-corrected chi connectivity index (χ0v) is 11.5. The highest BCUT2D eigenvalue weighted by Gasteiger charge is 2.06. The second-order valence-electron chi connectivity index (χ2n) is 4.79. The normalized spacial score (nSPS) is 10.9. The van der Waals surface area contributed by atoms with Gasteiger partial charge in [0.05, 0.1) is 10.9 Å². The third kappa shape index (κ3) is 2.07. The molecule has 1 N–H and O–H groups in total. The minimum absolute atomic E-state index is 0.156. The van der Waals surface area contributed by atoms with Crippen molar-refractivity contribution in [1.29, 1.82) is 0 Å². The molecule has 0 saturated heterocycles. The van der Waals surface area contributed by atoms with E-state index in [1.54, 1.807) is 23.1 Å². The Hall–Kier alpha value is -3.28. The lowest BCUT2D eigenvalue weighted by Crippen LogP contribution is -2.09. The van der Waals surface area contributed by atoms with Crippen molar-refractivity contribution in [2.45, 2.75) is 0 Å². The van der Waals surface area contributed by atoms with Crippen LogP contribution in [0.2, 0.25) is 0 Å². The number of nitrogens with zero attached hydrogens (tertiary/aromatic N) is 4. The Morgan fingerprint density at radius 3 is 2.73 bits per heavy atom. The second-order valence-corrected chi connectivity index (χ2v) is 4.79. The summed E-state index contributed by atoms with van der Waals surface area (Å²) in [6.07, 6.45) is 5.18. The molecule has 4 aromatic rings. The second kappa shape index (κ2) is 4.92. The Morgan fingerprint density at radius 2 is 1.95 bits per heavy atom. The van der Waals surface area contributed by atoms with Crippen molar-refractivity contribution in [3.05, 3.63) is 71.4 Å². The highest BCUT2D eigenvalue weighted by molar-refractivity contribution is 5.79. The predicted molar refractivity (Wildman–Crippen MR) is 82.7 cm³/mol. The number of rotatable bonds is 2. The zero-order chi connectivity index (χ0) is 14.9. The van der Waals surface area contributed by atoms with E-state index in [4.69, 9.17) is 0 Å². The van der Waals surface area contributed by atoms with Crippen LogP contribution in [0.3, 0.4) is 0 Å². The third-order valence-corrected chi connectivity index (χ3v) is 3.37. The lowest BCUT2D eigenvalue weighted by Gasteiger charge is -2.04. The number of aromatic amines is 1. The van der Waals surface area contributed by atoms with Gasteiger partial charge in [-0.25, -0.2) is 14.6 Å². The maximum absolute atomic E-state index is 12.1. The van der Waals surface area contributed by atoms with Gasteiger partial charge in [-0.3, -0.25) is 4.79 Å². The summed E-state index contributed by atoms with van der Waals surface area (Å²) >= 11 is 0. The minimum atomic E-state index is -0.156. The van der Waals surface area contributed by atoms with Gasteiger partial charge in [0.1, 0.15) is 5.82 Å². The number of aromatic nitrogens is 5. The van der Waals surface area contributed by atoms with Crippen molar-refractivity contribution < 1.29 is 0 Å². The van der Waals surface area contributed by atoms with Crippen LogP contribution in [0.5, 0.6) is 0 Å². The molecule has 6 nitrogen and oxygen atoms in total. The maximum Gasteiger partial charge on any atom is 0.259 e. The van der Waals surface area contributed by atoms with Crippen molar-refractivity contribution in [1.82, 2.24) is 24.7 Å². The van der Waals surface area contributed by atoms with E-state index in [-0.39, 0.29) is 5.56 Å². The molecule has 6 heteroatoms. The van der Waals surface area contributed by atoms with Crippen molar-refractivity contribution in [3.8, 4) is 17.2 Å². The number of pyridine rings is 1. The molecule has 0 aliphatic rings. The molecule has 0 spiro atoms. The molecule has 3 heterocycles. The smallest absolute Gasteiger partial charge is 0.259 e. The van der Waals surface area contributed by atoms with Gasteiger partial charge in [0, 0.05) is 24.2 Å². The number of para-hydroxylation sites is 1. The lowest BCUT2D eigenvalue weighted by atomic mass is 10.2. The third-order valence-electron chi connectivity index (χ3n) is 3.37. The summed E-state index contributed by atoms with van der Waals surface area (Å²) in [5.41, 5.74) is 1.26. The van der Waals surface area contributed by atoms with E-state index in [2.05, 4.69) is 20.1 Å². The molecule has 0 unspecified atom stereocenters. The Morgan fingerprint density at radius 1 is 1.05 bits per heavy atom. The molecule has 0 bridgehead atoms. The maximum atomic E-state index is 12.1. The number of benzene rings is 1. The first kappa shape index (κ1) is 12.5.